The lowest BCUT2D eigenvalue weighted by Crippen LogP contribution is -2.15. The van der Waals surface area contributed by atoms with Crippen LogP contribution in [0.2, 0.25) is 0 Å². The minimum absolute atomic E-state index is 0.0316. The highest BCUT2D eigenvalue weighted by Crippen LogP contribution is 2.34. The molecule has 0 fully saturated rings. The van der Waals surface area contributed by atoms with E-state index in [1.54, 1.807) is 18.2 Å². The van der Waals surface area contributed by atoms with Crippen molar-refractivity contribution in [2.24, 2.45) is 0 Å². The summed E-state index contributed by atoms with van der Waals surface area (Å²) in [4.78, 5) is 21.6. The molecule has 2 heterocycles. The first-order valence-electron chi connectivity index (χ1n) is 8.55. The highest BCUT2D eigenvalue weighted by atomic mass is 16.3. The van der Waals surface area contributed by atoms with Crippen molar-refractivity contribution in [3.63, 3.8) is 0 Å². The molecule has 0 aliphatic heterocycles. The number of rotatable bonds is 3. The van der Waals surface area contributed by atoms with E-state index >= 15 is 0 Å². The summed E-state index contributed by atoms with van der Waals surface area (Å²) in [5.74, 6) is -0.236. The summed E-state index contributed by atoms with van der Waals surface area (Å²) >= 11 is 0. The second kappa shape index (κ2) is 6.88. The summed E-state index contributed by atoms with van der Waals surface area (Å²) in [5.41, 5.74) is 2.27. The SMILES string of the molecule is Cc1cccc(NC(=O)c2nc(-c3ccccc3)c3ccccc3c2O)n1. The summed E-state index contributed by atoms with van der Waals surface area (Å²) in [7, 11) is 0. The van der Waals surface area contributed by atoms with Crippen molar-refractivity contribution in [2.75, 3.05) is 5.32 Å². The fourth-order valence-electron chi connectivity index (χ4n) is 3.01. The third-order valence-electron chi connectivity index (χ3n) is 4.28. The van der Waals surface area contributed by atoms with Gasteiger partial charge >= 0.3 is 0 Å². The van der Waals surface area contributed by atoms with Gasteiger partial charge < -0.3 is 10.4 Å². The largest absolute Gasteiger partial charge is 0.505 e. The first kappa shape index (κ1) is 16.7. The van der Waals surface area contributed by atoms with Crippen LogP contribution in [0.15, 0.2) is 72.8 Å². The van der Waals surface area contributed by atoms with Crippen molar-refractivity contribution in [2.45, 2.75) is 6.92 Å². The van der Waals surface area contributed by atoms with E-state index in [2.05, 4.69) is 15.3 Å². The molecule has 27 heavy (non-hydrogen) atoms. The van der Waals surface area contributed by atoms with Crippen LogP contribution in [0.1, 0.15) is 16.2 Å². The summed E-state index contributed by atoms with van der Waals surface area (Å²) < 4.78 is 0. The number of aromatic nitrogens is 2. The first-order valence-corrected chi connectivity index (χ1v) is 8.55. The van der Waals surface area contributed by atoms with Crippen LogP contribution >= 0.6 is 0 Å². The number of benzene rings is 2. The van der Waals surface area contributed by atoms with Crippen LogP contribution in [-0.4, -0.2) is 21.0 Å². The zero-order chi connectivity index (χ0) is 18.8. The second-order valence-corrected chi connectivity index (χ2v) is 6.19. The summed E-state index contributed by atoms with van der Waals surface area (Å²) in [5, 5.41) is 14.8. The number of amides is 1. The van der Waals surface area contributed by atoms with Gasteiger partial charge in [0.15, 0.2) is 11.4 Å². The number of carbonyl (C=O) groups excluding carboxylic acids is 1. The monoisotopic (exact) mass is 355 g/mol. The molecule has 0 radical (unpaired) electrons. The Morgan fingerprint density at radius 3 is 2.30 bits per heavy atom. The minimum atomic E-state index is -0.506. The highest BCUT2D eigenvalue weighted by Gasteiger charge is 2.20. The maximum atomic E-state index is 12.8. The Morgan fingerprint density at radius 2 is 1.56 bits per heavy atom. The zero-order valence-electron chi connectivity index (χ0n) is 14.7. The smallest absolute Gasteiger partial charge is 0.279 e. The van der Waals surface area contributed by atoms with Gasteiger partial charge in [0.05, 0.1) is 5.69 Å². The van der Waals surface area contributed by atoms with E-state index < -0.39 is 5.91 Å². The minimum Gasteiger partial charge on any atom is -0.505 e. The molecule has 0 aliphatic carbocycles. The maximum absolute atomic E-state index is 12.8. The quantitative estimate of drug-likeness (QED) is 0.565. The molecule has 0 bridgehead atoms. The van der Waals surface area contributed by atoms with E-state index in [9.17, 15) is 9.90 Å². The van der Waals surface area contributed by atoms with Gasteiger partial charge in [-0.2, -0.15) is 0 Å². The molecule has 0 atom stereocenters. The molecule has 0 unspecified atom stereocenters. The number of nitrogens with zero attached hydrogens (tertiary/aromatic N) is 2. The zero-order valence-corrected chi connectivity index (χ0v) is 14.7. The lowest BCUT2D eigenvalue weighted by atomic mass is 10.0. The summed E-state index contributed by atoms with van der Waals surface area (Å²) in [6.45, 7) is 1.84. The molecule has 4 aromatic rings. The molecule has 0 saturated carbocycles. The number of aryl methyl sites for hydroxylation is 1. The van der Waals surface area contributed by atoms with Crippen LogP contribution < -0.4 is 5.32 Å². The van der Waals surface area contributed by atoms with Crippen molar-refractivity contribution in [3.8, 4) is 17.0 Å². The van der Waals surface area contributed by atoms with E-state index in [0.717, 1.165) is 16.6 Å². The number of fused-ring (bicyclic) bond motifs is 1. The van der Waals surface area contributed by atoms with Crippen LogP contribution in [0.3, 0.4) is 0 Å². The second-order valence-electron chi connectivity index (χ2n) is 6.19. The molecule has 2 aromatic carbocycles. The van der Waals surface area contributed by atoms with Crippen LogP contribution in [0.25, 0.3) is 22.0 Å². The van der Waals surface area contributed by atoms with E-state index in [-0.39, 0.29) is 11.4 Å². The molecular weight excluding hydrogens is 338 g/mol. The lowest BCUT2D eigenvalue weighted by Gasteiger charge is -2.12. The number of carbonyl (C=O) groups is 1. The van der Waals surface area contributed by atoms with Crippen LogP contribution in [0, 0.1) is 6.92 Å². The Hall–Kier alpha value is -3.73. The molecule has 4 rings (SSSR count). The van der Waals surface area contributed by atoms with Gasteiger partial charge in [0.25, 0.3) is 5.91 Å². The van der Waals surface area contributed by atoms with Gasteiger partial charge in [-0.3, -0.25) is 4.79 Å². The number of pyridine rings is 2. The van der Waals surface area contributed by atoms with Crippen molar-refractivity contribution in [1.29, 1.82) is 0 Å². The normalized spacial score (nSPS) is 10.7. The van der Waals surface area contributed by atoms with Crippen molar-refractivity contribution in [3.05, 3.63) is 84.2 Å². The van der Waals surface area contributed by atoms with Gasteiger partial charge in [0.1, 0.15) is 5.82 Å². The molecule has 5 heteroatoms. The van der Waals surface area contributed by atoms with Crippen molar-refractivity contribution >= 4 is 22.5 Å². The van der Waals surface area contributed by atoms with Gasteiger partial charge in [0.2, 0.25) is 0 Å². The Bertz CT molecular complexity index is 1140. The van der Waals surface area contributed by atoms with E-state index in [1.165, 1.54) is 0 Å². The number of anilines is 1. The molecule has 132 valence electrons. The number of nitrogens with one attached hydrogen (secondary N) is 1. The fourth-order valence-corrected chi connectivity index (χ4v) is 3.01. The molecule has 5 nitrogen and oxygen atoms in total. The first-order chi connectivity index (χ1) is 13.1. The molecule has 0 aliphatic rings. The van der Waals surface area contributed by atoms with Gasteiger partial charge in [-0.15, -0.1) is 0 Å². The number of hydrogen-bond acceptors (Lipinski definition) is 4. The number of aromatic hydroxyl groups is 1. The Kier molecular flexibility index (Phi) is 4.26. The fraction of sp³-hybridized carbons (Fsp3) is 0.0455. The predicted molar refractivity (Wildman–Crippen MR) is 106 cm³/mol. The standard InChI is InChI=1S/C22H17N3O2/c1-14-8-7-13-18(23-14)24-22(27)20-21(26)17-12-6-5-11-16(17)19(25-20)15-9-3-2-4-10-15/h2-13,26H,1H3,(H,23,24,27). The van der Waals surface area contributed by atoms with Gasteiger partial charge in [-0.05, 0) is 19.1 Å². The third-order valence-corrected chi connectivity index (χ3v) is 4.28. The Balaban J connectivity index is 1.85. The predicted octanol–water partition coefficient (Wildman–Crippen LogP) is 4.56. The summed E-state index contributed by atoms with van der Waals surface area (Å²) in [6.07, 6.45) is 0. The molecule has 0 spiro atoms. The van der Waals surface area contributed by atoms with Crippen molar-refractivity contribution in [1.82, 2.24) is 9.97 Å². The summed E-state index contributed by atoms with van der Waals surface area (Å²) in [6, 6.07) is 22.3. The lowest BCUT2D eigenvalue weighted by molar-refractivity contribution is 0.101. The Labute approximate surface area is 156 Å². The van der Waals surface area contributed by atoms with Gasteiger partial charge in [-0.1, -0.05) is 60.7 Å². The van der Waals surface area contributed by atoms with E-state index in [1.807, 2.05) is 61.5 Å². The van der Waals surface area contributed by atoms with Crippen LogP contribution in [0.5, 0.6) is 5.75 Å². The molecule has 2 aromatic heterocycles. The number of hydrogen-bond donors (Lipinski definition) is 2. The van der Waals surface area contributed by atoms with Crippen LogP contribution in [0.4, 0.5) is 5.82 Å². The molecule has 1 amide bonds. The van der Waals surface area contributed by atoms with Crippen LogP contribution in [-0.2, 0) is 0 Å². The maximum Gasteiger partial charge on any atom is 0.279 e. The Morgan fingerprint density at radius 1 is 0.852 bits per heavy atom. The average molecular weight is 355 g/mol. The van der Waals surface area contributed by atoms with E-state index in [0.29, 0.717) is 16.9 Å². The molecule has 0 saturated heterocycles. The highest BCUT2D eigenvalue weighted by molar-refractivity contribution is 6.10. The van der Waals surface area contributed by atoms with Crippen molar-refractivity contribution < 1.29 is 9.90 Å². The van der Waals surface area contributed by atoms with E-state index in [4.69, 9.17) is 0 Å². The molecule has 2 N–H and O–H groups in total. The third kappa shape index (κ3) is 3.22. The topological polar surface area (TPSA) is 75.1 Å². The van der Waals surface area contributed by atoms with Gasteiger partial charge in [-0.25, -0.2) is 9.97 Å². The average Bonchev–Trinajstić information content (AvgIpc) is 2.69. The van der Waals surface area contributed by atoms with Gasteiger partial charge in [0, 0.05) is 22.0 Å². The molecular formula is C22H17N3O2.